The van der Waals surface area contributed by atoms with E-state index in [0.29, 0.717) is 6.42 Å². The maximum Gasteiger partial charge on any atom is 0.0486 e. The summed E-state index contributed by atoms with van der Waals surface area (Å²) in [5.41, 5.74) is 2.05. The van der Waals surface area contributed by atoms with Crippen LogP contribution in [0.2, 0.25) is 0 Å². The number of aliphatic hydroxyl groups excluding tert-OH is 1. The van der Waals surface area contributed by atoms with E-state index in [-0.39, 0.29) is 6.61 Å². The van der Waals surface area contributed by atoms with E-state index in [4.69, 9.17) is 5.11 Å². The van der Waals surface area contributed by atoms with Crippen LogP contribution in [0.4, 0.5) is 5.69 Å². The van der Waals surface area contributed by atoms with Gasteiger partial charge in [0, 0.05) is 44.7 Å². The molecule has 0 aliphatic rings. The molecule has 1 aromatic heterocycles. The van der Waals surface area contributed by atoms with Crippen molar-refractivity contribution in [2.24, 2.45) is 0 Å². The van der Waals surface area contributed by atoms with Gasteiger partial charge in [0.2, 0.25) is 0 Å². The minimum atomic E-state index is 0.157. The van der Waals surface area contributed by atoms with Crippen molar-refractivity contribution < 1.29 is 5.11 Å². The smallest absolute Gasteiger partial charge is 0.0486 e. The number of nitrogens with zero attached hydrogens (tertiary/aromatic N) is 2. The van der Waals surface area contributed by atoms with Crippen molar-refractivity contribution in [3.05, 3.63) is 24.0 Å². The van der Waals surface area contributed by atoms with Crippen LogP contribution in [0.25, 0.3) is 0 Å². The van der Waals surface area contributed by atoms with Crippen molar-refractivity contribution in [1.29, 1.82) is 0 Å². The van der Waals surface area contributed by atoms with Crippen LogP contribution in [0.15, 0.2) is 18.3 Å². The molecule has 0 saturated heterocycles. The Morgan fingerprint density at radius 2 is 2.25 bits per heavy atom. The Kier molecular flexibility index (Phi) is 3.05. The number of anilines is 1. The van der Waals surface area contributed by atoms with E-state index >= 15 is 0 Å². The fourth-order valence-corrected chi connectivity index (χ4v) is 0.995. The average molecular weight is 166 g/mol. The van der Waals surface area contributed by atoms with Gasteiger partial charge >= 0.3 is 0 Å². The summed E-state index contributed by atoms with van der Waals surface area (Å²) in [6.07, 6.45) is 2.39. The first kappa shape index (κ1) is 9.00. The second-order valence-corrected chi connectivity index (χ2v) is 2.87. The molecule has 0 saturated carbocycles. The molecule has 0 radical (unpaired) electrons. The van der Waals surface area contributed by atoms with Crippen LogP contribution in [0, 0.1) is 0 Å². The molecule has 3 heteroatoms. The maximum absolute atomic E-state index is 8.70. The molecule has 0 bridgehead atoms. The van der Waals surface area contributed by atoms with Gasteiger partial charge in [0.15, 0.2) is 0 Å². The summed E-state index contributed by atoms with van der Waals surface area (Å²) < 4.78 is 0. The molecule has 0 aliphatic carbocycles. The zero-order valence-corrected chi connectivity index (χ0v) is 7.49. The largest absolute Gasteiger partial charge is 0.396 e. The normalized spacial score (nSPS) is 9.92. The van der Waals surface area contributed by atoms with E-state index in [2.05, 4.69) is 4.98 Å². The van der Waals surface area contributed by atoms with Crippen molar-refractivity contribution in [1.82, 2.24) is 4.98 Å². The number of pyridine rings is 1. The van der Waals surface area contributed by atoms with Crippen molar-refractivity contribution >= 4 is 5.69 Å². The predicted molar refractivity (Wildman–Crippen MR) is 49.4 cm³/mol. The maximum atomic E-state index is 8.70. The van der Waals surface area contributed by atoms with E-state index in [1.807, 2.05) is 31.1 Å². The van der Waals surface area contributed by atoms with Crippen molar-refractivity contribution in [2.45, 2.75) is 6.42 Å². The Morgan fingerprint density at radius 3 is 2.83 bits per heavy atom. The van der Waals surface area contributed by atoms with E-state index in [1.54, 1.807) is 6.20 Å². The fourth-order valence-electron chi connectivity index (χ4n) is 0.995. The molecule has 0 unspecified atom stereocenters. The van der Waals surface area contributed by atoms with Gasteiger partial charge in [-0.15, -0.1) is 0 Å². The number of hydrogen-bond acceptors (Lipinski definition) is 3. The molecule has 0 amide bonds. The van der Waals surface area contributed by atoms with Crippen molar-refractivity contribution in [3.8, 4) is 0 Å². The number of rotatable bonds is 3. The molecule has 0 fully saturated rings. The molecule has 1 aromatic rings. The monoisotopic (exact) mass is 166 g/mol. The van der Waals surface area contributed by atoms with Gasteiger partial charge in [-0.1, -0.05) is 0 Å². The lowest BCUT2D eigenvalue weighted by Gasteiger charge is -2.12. The van der Waals surface area contributed by atoms with Crippen LogP contribution < -0.4 is 4.90 Å². The highest BCUT2D eigenvalue weighted by Crippen LogP contribution is 2.10. The highest BCUT2D eigenvalue weighted by atomic mass is 16.3. The summed E-state index contributed by atoms with van der Waals surface area (Å²) in [5.74, 6) is 0. The number of hydrogen-bond donors (Lipinski definition) is 1. The Bertz CT molecular complexity index is 248. The van der Waals surface area contributed by atoms with Crippen LogP contribution in [0.1, 0.15) is 5.69 Å². The molecule has 0 aromatic carbocycles. The van der Waals surface area contributed by atoms with Crippen LogP contribution in [-0.4, -0.2) is 30.8 Å². The first-order valence-electron chi connectivity index (χ1n) is 3.97. The minimum Gasteiger partial charge on any atom is -0.396 e. The summed E-state index contributed by atoms with van der Waals surface area (Å²) in [7, 11) is 3.97. The molecule has 12 heavy (non-hydrogen) atoms. The van der Waals surface area contributed by atoms with Crippen LogP contribution in [-0.2, 0) is 6.42 Å². The minimum absolute atomic E-state index is 0.157. The van der Waals surface area contributed by atoms with Gasteiger partial charge < -0.3 is 10.0 Å². The summed E-state index contributed by atoms with van der Waals surface area (Å²) in [6, 6.07) is 3.93. The lowest BCUT2D eigenvalue weighted by Crippen LogP contribution is -2.09. The third-order valence-electron chi connectivity index (χ3n) is 1.68. The zero-order valence-electron chi connectivity index (χ0n) is 7.49. The van der Waals surface area contributed by atoms with Crippen LogP contribution in [0.3, 0.4) is 0 Å². The van der Waals surface area contributed by atoms with E-state index in [1.165, 1.54) is 0 Å². The highest BCUT2D eigenvalue weighted by molar-refractivity contribution is 5.44. The van der Waals surface area contributed by atoms with Gasteiger partial charge in [-0.3, -0.25) is 4.98 Å². The SMILES string of the molecule is CN(C)c1ccnc(CCO)c1. The number of aromatic nitrogens is 1. The van der Waals surface area contributed by atoms with Gasteiger partial charge in [-0.2, -0.15) is 0 Å². The summed E-state index contributed by atoms with van der Waals surface area (Å²) in [6.45, 7) is 0.157. The Balaban J connectivity index is 2.81. The predicted octanol–water partition coefficient (Wildman–Crippen LogP) is 0.682. The summed E-state index contributed by atoms with van der Waals surface area (Å²) >= 11 is 0. The van der Waals surface area contributed by atoms with Crippen molar-refractivity contribution in [3.63, 3.8) is 0 Å². The van der Waals surface area contributed by atoms with Gasteiger partial charge in [-0.05, 0) is 12.1 Å². The lowest BCUT2D eigenvalue weighted by molar-refractivity contribution is 0.298. The molecule has 0 atom stereocenters. The molecule has 66 valence electrons. The molecular formula is C9H14N2O. The first-order valence-corrected chi connectivity index (χ1v) is 3.97. The number of aliphatic hydroxyl groups is 1. The third-order valence-corrected chi connectivity index (χ3v) is 1.68. The fraction of sp³-hybridized carbons (Fsp3) is 0.444. The Hall–Kier alpha value is -1.09. The van der Waals surface area contributed by atoms with Crippen LogP contribution in [0.5, 0.6) is 0 Å². The quantitative estimate of drug-likeness (QED) is 0.717. The van der Waals surface area contributed by atoms with Crippen LogP contribution >= 0.6 is 0 Å². The summed E-state index contributed by atoms with van der Waals surface area (Å²) in [4.78, 5) is 6.14. The zero-order chi connectivity index (χ0) is 8.97. The summed E-state index contributed by atoms with van der Waals surface area (Å²) in [5, 5.41) is 8.70. The molecule has 1 heterocycles. The third kappa shape index (κ3) is 2.20. The lowest BCUT2D eigenvalue weighted by atomic mass is 10.2. The van der Waals surface area contributed by atoms with Crippen molar-refractivity contribution in [2.75, 3.05) is 25.6 Å². The second kappa shape index (κ2) is 4.07. The standard InChI is InChI=1S/C9H14N2O/c1-11(2)9-3-5-10-8(7-9)4-6-12/h3,5,7,12H,4,6H2,1-2H3. The Morgan fingerprint density at radius 1 is 1.50 bits per heavy atom. The highest BCUT2D eigenvalue weighted by Gasteiger charge is 1.97. The van der Waals surface area contributed by atoms with Gasteiger partial charge in [-0.25, -0.2) is 0 Å². The van der Waals surface area contributed by atoms with Gasteiger partial charge in [0.25, 0.3) is 0 Å². The van der Waals surface area contributed by atoms with E-state index < -0.39 is 0 Å². The Labute approximate surface area is 72.7 Å². The van der Waals surface area contributed by atoms with Gasteiger partial charge in [0.05, 0.1) is 0 Å². The second-order valence-electron chi connectivity index (χ2n) is 2.87. The van der Waals surface area contributed by atoms with E-state index in [9.17, 15) is 0 Å². The molecule has 0 spiro atoms. The van der Waals surface area contributed by atoms with E-state index in [0.717, 1.165) is 11.4 Å². The molecular weight excluding hydrogens is 152 g/mol. The topological polar surface area (TPSA) is 36.4 Å². The molecule has 0 aliphatic heterocycles. The van der Waals surface area contributed by atoms with Gasteiger partial charge in [0.1, 0.15) is 0 Å². The average Bonchev–Trinajstić information content (AvgIpc) is 2.05. The molecule has 1 rings (SSSR count). The first-order chi connectivity index (χ1) is 5.74. The molecule has 3 nitrogen and oxygen atoms in total. The molecule has 1 N–H and O–H groups in total.